The first-order chi connectivity index (χ1) is 14.3. The highest BCUT2D eigenvalue weighted by atomic mass is 79.9. The van der Waals surface area contributed by atoms with Crippen LogP contribution in [0.4, 0.5) is 5.69 Å². The highest BCUT2D eigenvalue weighted by Crippen LogP contribution is 2.40. The molecule has 9 nitrogen and oxygen atoms in total. The number of nitrogens with zero attached hydrogens (tertiary/aromatic N) is 1. The molecule has 0 spiro atoms. The second kappa shape index (κ2) is 8.46. The number of fused-ring (bicyclic) bond motifs is 1. The first kappa shape index (κ1) is 21.2. The van der Waals surface area contributed by atoms with Gasteiger partial charge in [-0.25, -0.2) is 9.59 Å². The van der Waals surface area contributed by atoms with Gasteiger partial charge in [0.15, 0.2) is 12.0 Å². The topological polar surface area (TPSA) is 126 Å². The summed E-state index contributed by atoms with van der Waals surface area (Å²) in [5, 5.41) is 11.4. The maximum absolute atomic E-state index is 12.6. The number of aldehydes is 1. The summed E-state index contributed by atoms with van der Waals surface area (Å²) in [6, 6.07) is 6.81. The first-order valence-corrected chi connectivity index (χ1v) is 9.42. The Kier molecular flexibility index (Phi) is 5.97. The lowest BCUT2D eigenvalue weighted by molar-refractivity contribution is -0.385. The van der Waals surface area contributed by atoms with Crippen LogP contribution in [0.2, 0.25) is 0 Å². The summed E-state index contributed by atoms with van der Waals surface area (Å²) in [5.41, 5.74) is -0.0520. The van der Waals surface area contributed by atoms with Gasteiger partial charge in [0.05, 0.1) is 21.4 Å². The predicted octanol–water partition coefficient (Wildman–Crippen LogP) is 4.62. The molecule has 0 amide bonds. The molecule has 30 heavy (non-hydrogen) atoms. The molecule has 0 N–H and O–H groups in total. The van der Waals surface area contributed by atoms with Crippen molar-refractivity contribution in [2.24, 2.45) is 0 Å². The van der Waals surface area contributed by atoms with Gasteiger partial charge < -0.3 is 13.9 Å². The minimum Gasteiger partial charge on any atom is -0.462 e. The van der Waals surface area contributed by atoms with E-state index in [1.807, 2.05) is 0 Å². The Bertz CT molecular complexity index is 1200. The molecule has 1 heterocycles. The summed E-state index contributed by atoms with van der Waals surface area (Å²) in [6.07, 6.45) is 0.386. The normalized spacial score (nSPS) is 10.6. The highest BCUT2D eigenvalue weighted by molar-refractivity contribution is 9.10. The number of benzene rings is 2. The number of rotatable bonds is 6. The molecule has 0 saturated carbocycles. The van der Waals surface area contributed by atoms with Crippen molar-refractivity contribution >= 4 is 50.8 Å². The van der Waals surface area contributed by atoms with Crippen molar-refractivity contribution in [2.75, 3.05) is 6.61 Å². The molecular formula is C20H14BrNO8. The number of hydrogen-bond donors (Lipinski definition) is 0. The van der Waals surface area contributed by atoms with Crippen LogP contribution in [0.15, 0.2) is 39.2 Å². The second-order valence-electron chi connectivity index (χ2n) is 6.05. The average molecular weight is 476 g/mol. The highest BCUT2D eigenvalue weighted by Gasteiger charge is 2.28. The third-order valence-corrected chi connectivity index (χ3v) is 4.97. The minimum atomic E-state index is -0.960. The Morgan fingerprint density at radius 3 is 2.60 bits per heavy atom. The fourth-order valence-electron chi connectivity index (χ4n) is 2.91. The fourth-order valence-corrected chi connectivity index (χ4v) is 3.48. The predicted molar refractivity (Wildman–Crippen MR) is 108 cm³/mol. The second-order valence-corrected chi connectivity index (χ2v) is 6.85. The lowest BCUT2D eigenvalue weighted by Gasteiger charge is -2.10. The molecule has 0 aliphatic carbocycles. The number of carbonyl (C=O) groups excluding carboxylic acids is 3. The van der Waals surface area contributed by atoms with Crippen molar-refractivity contribution in [1.82, 2.24) is 0 Å². The lowest BCUT2D eigenvalue weighted by Crippen LogP contribution is -2.12. The Morgan fingerprint density at radius 1 is 1.27 bits per heavy atom. The zero-order valence-electron chi connectivity index (χ0n) is 15.8. The van der Waals surface area contributed by atoms with Gasteiger partial charge in [0.2, 0.25) is 0 Å². The maximum Gasteiger partial charge on any atom is 0.350 e. The fraction of sp³-hybridized carbons (Fsp3) is 0.150. The molecule has 2 aromatic carbocycles. The number of esters is 2. The summed E-state index contributed by atoms with van der Waals surface area (Å²) in [6.45, 7) is 3.32. The first-order valence-electron chi connectivity index (χ1n) is 8.63. The smallest absolute Gasteiger partial charge is 0.350 e. The number of nitro groups is 1. The van der Waals surface area contributed by atoms with Crippen LogP contribution in [0.3, 0.4) is 0 Å². The monoisotopic (exact) mass is 475 g/mol. The molecule has 0 saturated heterocycles. The van der Waals surface area contributed by atoms with Crippen molar-refractivity contribution in [3.8, 4) is 5.75 Å². The summed E-state index contributed by atoms with van der Waals surface area (Å²) in [4.78, 5) is 46.9. The largest absolute Gasteiger partial charge is 0.462 e. The SMILES string of the molecule is CCOC(=O)c1c(C=O)oc2c(C)cc(OC(=O)c3ccccc3[N+](=O)[O-])c(Br)c12. The molecule has 0 aliphatic rings. The maximum atomic E-state index is 12.6. The average Bonchev–Trinajstić information content (AvgIpc) is 3.12. The van der Waals surface area contributed by atoms with Gasteiger partial charge in [0.1, 0.15) is 22.5 Å². The number of carbonyl (C=O) groups is 3. The third-order valence-electron chi connectivity index (χ3n) is 4.19. The van der Waals surface area contributed by atoms with Gasteiger partial charge in [0.25, 0.3) is 5.69 Å². The van der Waals surface area contributed by atoms with Gasteiger partial charge in [-0.15, -0.1) is 0 Å². The van der Waals surface area contributed by atoms with E-state index in [9.17, 15) is 24.5 Å². The quantitative estimate of drug-likeness (QED) is 0.166. The van der Waals surface area contributed by atoms with Gasteiger partial charge >= 0.3 is 11.9 Å². The Balaban J connectivity index is 2.14. The van der Waals surface area contributed by atoms with Crippen molar-refractivity contribution in [3.05, 3.63) is 67.4 Å². The van der Waals surface area contributed by atoms with Crippen molar-refractivity contribution in [1.29, 1.82) is 0 Å². The van der Waals surface area contributed by atoms with Crippen molar-refractivity contribution in [3.63, 3.8) is 0 Å². The van der Waals surface area contributed by atoms with Gasteiger partial charge in [0, 0.05) is 6.07 Å². The van der Waals surface area contributed by atoms with Crippen LogP contribution in [-0.2, 0) is 4.74 Å². The van der Waals surface area contributed by atoms with Crippen LogP contribution in [0.5, 0.6) is 5.75 Å². The molecule has 0 aliphatic heterocycles. The number of aryl methyl sites for hydroxylation is 1. The molecule has 0 fully saturated rings. The molecule has 1 aromatic heterocycles. The lowest BCUT2D eigenvalue weighted by atomic mass is 10.1. The van der Waals surface area contributed by atoms with Crippen LogP contribution in [0, 0.1) is 17.0 Å². The van der Waals surface area contributed by atoms with Gasteiger partial charge in [-0.1, -0.05) is 12.1 Å². The Morgan fingerprint density at radius 2 is 1.97 bits per heavy atom. The minimum absolute atomic E-state index is 0.00746. The van der Waals surface area contributed by atoms with Crippen molar-refractivity contribution in [2.45, 2.75) is 13.8 Å². The van der Waals surface area contributed by atoms with E-state index in [2.05, 4.69) is 15.9 Å². The van der Waals surface area contributed by atoms with Gasteiger partial charge in [-0.3, -0.25) is 14.9 Å². The molecule has 0 radical (unpaired) electrons. The van der Waals surface area contributed by atoms with E-state index in [0.717, 1.165) is 0 Å². The van der Waals surface area contributed by atoms with E-state index in [0.29, 0.717) is 11.8 Å². The molecule has 0 bridgehead atoms. The summed E-state index contributed by atoms with van der Waals surface area (Å²) >= 11 is 3.28. The summed E-state index contributed by atoms with van der Waals surface area (Å²) in [7, 11) is 0. The number of nitro benzene ring substituents is 1. The summed E-state index contributed by atoms with van der Waals surface area (Å²) < 4.78 is 16.0. The summed E-state index contributed by atoms with van der Waals surface area (Å²) in [5.74, 6) is -1.97. The van der Waals surface area contributed by atoms with Crippen LogP contribution < -0.4 is 4.74 Å². The number of furan rings is 1. The van der Waals surface area contributed by atoms with E-state index in [4.69, 9.17) is 13.9 Å². The number of ether oxygens (including phenoxy) is 2. The number of para-hydroxylation sites is 1. The van der Waals surface area contributed by atoms with Crippen LogP contribution in [0.1, 0.15) is 43.8 Å². The van der Waals surface area contributed by atoms with E-state index < -0.39 is 22.5 Å². The Hall–Kier alpha value is -3.53. The van der Waals surface area contributed by atoms with Crippen LogP contribution >= 0.6 is 15.9 Å². The molecular weight excluding hydrogens is 462 g/mol. The van der Waals surface area contributed by atoms with Crippen molar-refractivity contribution < 1.29 is 33.2 Å². The zero-order chi connectivity index (χ0) is 22.0. The molecule has 154 valence electrons. The molecule has 0 atom stereocenters. The number of halogens is 1. The van der Waals surface area contributed by atoms with E-state index in [1.54, 1.807) is 13.8 Å². The van der Waals surface area contributed by atoms with E-state index >= 15 is 0 Å². The van der Waals surface area contributed by atoms with Gasteiger partial charge in [-0.2, -0.15) is 0 Å². The third kappa shape index (κ3) is 3.69. The standard InChI is InChI=1S/C20H14BrNO8/c1-3-28-20(25)15-14(9-23)29-18-10(2)8-13(17(21)16(15)18)30-19(24)11-6-4-5-7-12(11)22(26)27/h4-9H,3H2,1-2H3. The molecule has 0 unspecified atom stereocenters. The Labute approximate surface area is 177 Å². The van der Waals surface area contributed by atoms with Gasteiger partial charge in [-0.05, 0) is 47.5 Å². The van der Waals surface area contributed by atoms with E-state index in [-0.39, 0.29) is 44.7 Å². The zero-order valence-corrected chi connectivity index (χ0v) is 17.3. The van der Waals surface area contributed by atoms with Crippen LogP contribution in [0.25, 0.3) is 11.0 Å². The molecule has 3 rings (SSSR count). The van der Waals surface area contributed by atoms with Crippen LogP contribution in [-0.4, -0.2) is 29.8 Å². The molecule has 3 aromatic rings. The van der Waals surface area contributed by atoms with E-state index in [1.165, 1.54) is 30.3 Å². The molecule has 10 heteroatoms. The number of hydrogen-bond acceptors (Lipinski definition) is 8.